The number of carbonyl (C=O) groups excluding carboxylic acids is 1. The van der Waals surface area contributed by atoms with Crippen molar-refractivity contribution in [2.24, 2.45) is 5.92 Å². The third-order valence-corrected chi connectivity index (χ3v) is 5.68. The monoisotopic (exact) mass is 355 g/mol. The zero-order valence-electron chi connectivity index (χ0n) is 15.4. The Morgan fingerprint density at radius 2 is 2.12 bits per heavy atom. The average molecular weight is 355 g/mol. The fraction of sp³-hybridized carbons (Fsp3) is 0.579. The Balaban J connectivity index is 1.44. The summed E-state index contributed by atoms with van der Waals surface area (Å²) in [5.74, 6) is 2.47. The lowest BCUT2D eigenvalue weighted by Gasteiger charge is -2.36. The smallest absolute Gasteiger partial charge is 0.223 e. The summed E-state index contributed by atoms with van der Waals surface area (Å²) in [6, 6.07) is 0.257. The van der Waals surface area contributed by atoms with E-state index in [4.69, 9.17) is 4.52 Å². The maximum Gasteiger partial charge on any atom is 0.223 e. The first-order chi connectivity index (χ1) is 12.6. The Kier molecular flexibility index (Phi) is 4.61. The van der Waals surface area contributed by atoms with Gasteiger partial charge in [-0.2, -0.15) is 0 Å². The van der Waals surface area contributed by atoms with E-state index in [1.165, 1.54) is 6.42 Å². The Labute approximate surface area is 153 Å². The lowest BCUT2D eigenvalue weighted by Crippen LogP contribution is -2.47. The lowest BCUT2D eigenvalue weighted by molar-refractivity contribution is -0.135. The van der Waals surface area contributed by atoms with Gasteiger partial charge in [0, 0.05) is 50.1 Å². The van der Waals surface area contributed by atoms with Crippen molar-refractivity contribution in [2.75, 3.05) is 24.5 Å². The van der Waals surface area contributed by atoms with E-state index in [2.05, 4.69) is 24.9 Å². The standard InChI is InChI=1S/C19H25N5O2/c1-13-17(14(2)26-22-13)5-6-19(25)24-11-15-3-4-16(24)12-23(10-15)18-9-20-7-8-21-18/h7-9,15-16H,3-6,10-12H2,1-2H3/t15-,16+/m0/s1. The van der Waals surface area contributed by atoms with Crippen LogP contribution in [0, 0.1) is 19.8 Å². The number of piperidine rings is 1. The number of aromatic nitrogens is 3. The minimum atomic E-state index is 0.237. The van der Waals surface area contributed by atoms with Gasteiger partial charge in [0.15, 0.2) is 0 Å². The third kappa shape index (κ3) is 3.30. The highest BCUT2D eigenvalue weighted by molar-refractivity contribution is 5.77. The van der Waals surface area contributed by atoms with Gasteiger partial charge in [-0.3, -0.25) is 9.78 Å². The van der Waals surface area contributed by atoms with Crippen LogP contribution >= 0.6 is 0 Å². The maximum absolute atomic E-state index is 12.9. The Bertz CT molecular complexity index is 756. The van der Waals surface area contributed by atoms with Gasteiger partial charge in [0.25, 0.3) is 0 Å². The summed E-state index contributed by atoms with van der Waals surface area (Å²) >= 11 is 0. The fourth-order valence-electron chi connectivity index (χ4n) is 4.26. The minimum absolute atomic E-state index is 0.237. The van der Waals surface area contributed by atoms with Gasteiger partial charge in [-0.15, -0.1) is 0 Å². The molecule has 5 rings (SSSR count). The average Bonchev–Trinajstić information content (AvgIpc) is 2.85. The highest BCUT2D eigenvalue weighted by atomic mass is 16.5. The molecule has 26 heavy (non-hydrogen) atoms. The third-order valence-electron chi connectivity index (χ3n) is 5.68. The topological polar surface area (TPSA) is 75.4 Å². The number of fused-ring (bicyclic) bond motifs is 4. The summed E-state index contributed by atoms with van der Waals surface area (Å²) in [7, 11) is 0. The lowest BCUT2D eigenvalue weighted by atomic mass is 9.94. The predicted molar refractivity (Wildman–Crippen MR) is 96.8 cm³/mol. The number of amides is 1. The van der Waals surface area contributed by atoms with Gasteiger partial charge >= 0.3 is 0 Å². The maximum atomic E-state index is 12.9. The van der Waals surface area contributed by atoms with E-state index in [0.29, 0.717) is 18.8 Å². The zero-order valence-corrected chi connectivity index (χ0v) is 15.4. The van der Waals surface area contributed by atoms with Gasteiger partial charge in [0.2, 0.25) is 5.91 Å². The first-order valence-electron chi connectivity index (χ1n) is 9.34. The second-order valence-corrected chi connectivity index (χ2v) is 7.41. The van der Waals surface area contributed by atoms with Crippen molar-refractivity contribution < 1.29 is 9.32 Å². The first-order valence-corrected chi connectivity index (χ1v) is 9.34. The molecule has 0 aromatic carbocycles. The molecule has 3 aliphatic heterocycles. The molecule has 0 saturated carbocycles. The highest BCUT2D eigenvalue weighted by Crippen LogP contribution is 2.30. The molecule has 0 radical (unpaired) electrons. The molecular formula is C19H25N5O2. The molecule has 3 saturated heterocycles. The molecule has 3 fully saturated rings. The van der Waals surface area contributed by atoms with E-state index >= 15 is 0 Å². The molecule has 3 aliphatic rings. The molecule has 2 aromatic heterocycles. The van der Waals surface area contributed by atoms with Crippen molar-refractivity contribution in [3.63, 3.8) is 0 Å². The van der Waals surface area contributed by atoms with E-state index < -0.39 is 0 Å². The zero-order chi connectivity index (χ0) is 18.1. The summed E-state index contributed by atoms with van der Waals surface area (Å²) in [6.07, 6.45) is 8.69. The Morgan fingerprint density at radius 3 is 2.85 bits per heavy atom. The van der Waals surface area contributed by atoms with Crippen LogP contribution in [0.25, 0.3) is 0 Å². The predicted octanol–water partition coefficient (Wildman–Crippen LogP) is 2.14. The van der Waals surface area contributed by atoms with Gasteiger partial charge in [-0.25, -0.2) is 4.98 Å². The van der Waals surface area contributed by atoms with E-state index in [1.54, 1.807) is 12.4 Å². The molecule has 0 N–H and O–H groups in total. The van der Waals surface area contributed by atoms with Crippen LogP contribution in [0.15, 0.2) is 23.1 Å². The molecule has 2 aromatic rings. The number of carbonyl (C=O) groups is 1. The van der Waals surface area contributed by atoms with Crippen LogP contribution in [0.1, 0.15) is 36.3 Å². The van der Waals surface area contributed by atoms with Gasteiger partial charge < -0.3 is 14.3 Å². The van der Waals surface area contributed by atoms with Crippen molar-refractivity contribution in [2.45, 2.75) is 45.6 Å². The molecule has 0 unspecified atom stereocenters. The van der Waals surface area contributed by atoms with Crippen LogP contribution in [-0.4, -0.2) is 51.6 Å². The van der Waals surface area contributed by atoms with Crippen molar-refractivity contribution in [1.29, 1.82) is 0 Å². The second-order valence-electron chi connectivity index (χ2n) is 7.41. The van der Waals surface area contributed by atoms with Gasteiger partial charge in [-0.1, -0.05) is 5.16 Å². The molecule has 1 amide bonds. The van der Waals surface area contributed by atoms with Gasteiger partial charge in [-0.05, 0) is 39.0 Å². The number of nitrogens with zero attached hydrogens (tertiary/aromatic N) is 5. The van der Waals surface area contributed by atoms with Crippen molar-refractivity contribution in [1.82, 2.24) is 20.0 Å². The molecule has 2 atom stereocenters. The molecule has 7 nitrogen and oxygen atoms in total. The highest BCUT2D eigenvalue weighted by Gasteiger charge is 2.37. The quantitative estimate of drug-likeness (QED) is 0.836. The summed E-state index contributed by atoms with van der Waals surface area (Å²) in [4.78, 5) is 26.0. The SMILES string of the molecule is Cc1noc(C)c1CCC(=O)N1C[C@H]2CC[C@@H]1CN(c1cnccn1)C2. The minimum Gasteiger partial charge on any atom is -0.361 e. The normalized spacial score (nSPS) is 22.5. The number of hydrogen-bond acceptors (Lipinski definition) is 6. The summed E-state index contributed by atoms with van der Waals surface area (Å²) < 4.78 is 5.21. The molecule has 0 spiro atoms. The van der Waals surface area contributed by atoms with Crippen molar-refractivity contribution >= 4 is 11.7 Å². The van der Waals surface area contributed by atoms with E-state index in [0.717, 1.165) is 48.9 Å². The van der Waals surface area contributed by atoms with Crippen LogP contribution in [0.3, 0.4) is 0 Å². The first kappa shape index (κ1) is 17.0. The van der Waals surface area contributed by atoms with Crippen LogP contribution in [-0.2, 0) is 11.2 Å². The Hall–Kier alpha value is -2.44. The van der Waals surface area contributed by atoms with Gasteiger partial charge in [0.05, 0.1) is 11.9 Å². The molecule has 7 heteroatoms. The van der Waals surface area contributed by atoms with E-state index in [9.17, 15) is 4.79 Å². The summed E-state index contributed by atoms with van der Waals surface area (Å²) in [5.41, 5.74) is 1.96. The summed E-state index contributed by atoms with van der Waals surface area (Å²) in [5, 5.41) is 3.98. The number of aryl methyl sites for hydroxylation is 2. The number of rotatable bonds is 4. The van der Waals surface area contributed by atoms with E-state index in [-0.39, 0.29) is 11.9 Å². The number of anilines is 1. The van der Waals surface area contributed by atoms with E-state index in [1.807, 2.05) is 20.0 Å². The van der Waals surface area contributed by atoms with Crippen LogP contribution in [0.4, 0.5) is 5.82 Å². The Morgan fingerprint density at radius 1 is 1.23 bits per heavy atom. The van der Waals surface area contributed by atoms with Crippen molar-refractivity contribution in [3.8, 4) is 0 Å². The molecule has 2 bridgehead atoms. The largest absolute Gasteiger partial charge is 0.361 e. The molecule has 138 valence electrons. The molecule has 0 aliphatic carbocycles. The molecule has 5 heterocycles. The van der Waals surface area contributed by atoms with Gasteiger partial charge in [0.1, 0.15) is 11.6 Å². The van der Waals surface area contributed by atoms with Crippen LogP contribution in [0.5, 0.6) is 0 Å². The summed E-state index contributed by atoms with van der Waals surface area (Å²) in [6.45, 7) is 6.48. The number of hydrogen-bond donors (Lipinski definition) is 0. The van der Waals surface area contributed by atoms with Crippen LogP contribution in [0.2, 0.25) is 0 Å². The second kappa shape index (κ2) is 7.05. The fourth-order valence-corrected chi connectivity index (χ4v) is 4.26. The van der Waals surface area contributed by atoms with Crippen LogP contribution < -0.4 is 4.90 Å². The molecular weight excluding hydrogens is 330 g/mol. The van der Waals surface area contributed by atoms with Crippen molar-refractivity contribution in [3.05, 3.63) is 35.6 Å².